The highest BCUT2D eigenvalue weighted by Gasteiger charge is 2.20. The van der Waals surface area contributed by atoms with Crippen LogP contribution >= 0.6 is 11.3 Å². The Morgan fingerprint density at radius 1 is 1.20 bits per heavy atom. The van der Waals surface area contributed by atoms with Crippen LogP contribution in [0.4, 0.5) is 16.8 Å². The first-order valence-electron chi connectivity index (χ1n) is 9.34. The summed E-state index contributed by atoms with van der Waals surface area (Å²) >= 11 is 1.43. The molecule has 0 aliphatic carbocycles. The molecule has 30 heavy (non-hydrogen) atoms. The van der Waals surface area contributed by atoms with Gasteiger partial charge in [0.25, 0.3) is 0 Å². The number of nitrogens with zero attached hydrogens (tertiary/aromatic N) is 7. The Morgan fingerprint density at radius 2 is 2.00 bits per heavy atom. The molecule has 1 N–H and O–H groups in total. The van der Waals surface area contributed by atoms with Crippen LogP contribution < -0.4 is 5.32 Å². The summed E-state index contributed by atoms with van der Waals surface area (Å²) in [6, 6.07) is 13.5. The molecule has 3 heterocycles. The SMILES string of the molecule is Cc1cc([N+](=O)[O-])nn1CC(C)c1nnc(Nc2ccn(Cc3ccccc3)n2)s1. The van der Waals surface area contributed by atoms with Gasteiger partial charge in [-0.1, -0.05) is 48.6 Å². The van der Waals surface area contributed by atoms with E-state index in [0.29, 0.717) is 24.0 Å². The summed E-state index contributed by atoms with van der Waals surface area (Å²) in [6.45, 7) is 4.97. The highest BCUT2D eigenvalue weighted by Crippen LogP contribution is 2.27. The van der Waals surface area contributed by atoms with Gasteiger partial charge in [-0.05, 0) is 17.4 Å². The third-order valence-corrected chi connectivity index (χ3v) is 5.60. The van der Waals surface area contributed by atoms with Gasteiger partial charge >= 0.3 is 5.82 Å². The molecular weight excluding hydrogens is 404 g/mol. The number of aromatic nitrogens is 6. The molecule has 0 spiro atoms. The second-order valence-corrected chi connectivity index (χ2v) is 7.95. The van der Waals surface area contributed by atoms with Crippen LogP contribution in [0.25, 0.3) is 0 Å². The van der Waals surface area contributed by atoms with Crippen molar-refractivity contribution < 1.29 is 4.92 Å². The van der Waals surface area contributed by atoms with Crippen molar-refractivity contribution in [3.05, 3.63) is 75.0 Å². The summed E-state index contributed by atoms with van der Waals surface area (Å²) in [5.41, 5.74) is 1.91. The lowest BCUT2D eigenvalue weighted by atomic mass is 10.2. The number of nitrogens with one attached hydrogen (secondary N) is 1. The van der Waals surface area contributed by atoms with Crippen LogP contribution in [0.5, 0.6) is 0 Å². The van der Waals surface area contributed by atoms with Gasteiger partial charge in [-0.15, -0.1) is 10.2 Å². The van der Waals surface area contributed by atoms with Crippen molar-refractivity contribution >= 4 is 28.1 Å². The Morgan fingerprint density at radius 3 is 2.73 bits per heavy atom. The largest absolute Gasteiger partial charge is 0.390 e. The number of hydrogen-bond donors (Lipinski definition) is 1. The van der Waals surface area contributed by atoms with Crippen LogP contribution in [0, 0.1) is 17.0 Å². The van der Waals surface area contributed by atoms with E-state index in [1.807, 2.05) is 42.1 Å². The monoisotopic (exact) mass is 424 g/mol. The lowest BCUT2D eigenvalue weighted by Gasteiger charge is -2.05. The molecule has 4 aromatic rings. The first-order valence-corrected chi connectivity index (χ1v) is 10.2. The van der Waals surface area contributed by atoms with E-state index in [-0.39, 0.29) is 11.7 Å². The minimum absolute atomic E-state index is 0.00638. The number of rotatable bonds is 8. The van der Waals surface area contributed by atoms with Crippen molar-refractivity contribution in [3.8, 4) is 0 Å². The Labute approximate surface area is 176 Å². The first kappa shape index (κ1) is 19.7. The molecule has 1 unspecified atom stereocenters. The van der Waals surface area contributed by atoms with Crippen LogP contribution in [0.1, 0.15) is 29.1 Å². The third kappa shape index (κ3) is 4.51. The topological polar surface area (TPSA) is 117 Å². The molecule has 1 atom stereocenters. The van der Waals surface area contributed by atoms with Crippen LogP contribution in [0.3, 0.4) is 0 Å². The van der Waals surface area contributed by atoms with E-state index in [1.54, 1.807) is 11.6 Å². The zero-order chi connectivity index (χ0) is 21.1. The summed E-state index contributed by atoms with van der Waals surface area (Å²) in [5.74, 6) is 0.553. The number of anilines is 2. The van der Waals surface area contributed by atoms with Crippen molar-refractivity contribution in [1.29, 1.82) is 0 Å². The summed E-state index contributed by atoms with van der Waals surface area (Å²) < 4.78 is 3.48. The summed E-state index contributed by atoms with van der Waals surface area (Å²) in [7, 11) is 0. The van der Waals surface area contributed by atoms with E-state index in [1.165, 1.54) is 23.0 Å². The second-order valence-electron chi connectivity index (χ2n) is 6.94. The summed E-state index contributed by atoms with van der Waals surface area (Å²) in [4.78, 5) is 10.4. The molecule has 0 bridgehead atoms. The second kappa shape index (κ2) is 8.41. The quantitative estimate of drug-likeness (QED) is 0.338. The number of aryl methyl sites for hydroxylation is 1. The van der Waals surface area contributed by atoms with Gasteiger partial charge in [0.1, 0.15) is 5.01 Å². The Hall–Kier alpha value is -3.60. The molecule has 0 aliphatic heterocycles. The summed E-state index contributed by atoms with van der Waals surface area (Å²) in [6.07, 6.45) is 1.91. The van der Waals surface area contributed by atoms with Gasteiger partial charge in [0.15, 0.2) is 5.82 Å². The molecule has 3 aromatic heterocycles. The number of hydrogen-bond acceptors (Lipinski definition) is 8. The average molecular weight is 424 g/mol. The van der Waals surface area contributed by atoms with Gasteiger partial charge in [-0.3, -0.25) is 4.68 Å². The third-order valence-electron chi connectivity index (χ3n) is 4.53. The fraction of sp³-hybridized carbons (Fsp3) is 0.263. The van der Waals surface area contributed by atoms with E-state index in [9.17, 15) is 10.1 Å². The predicted molar refractivity (Wildman–Crippen MR) is 113 cm³/mol. The van der Waals surface area contributed by atoms with Crippen molar-refractivity contribution in [2.24, 2.45) is 0 Å². The Bertz CT molecular complexity index is 1150. The lowest BCUT2D eigenvalue weighted by Crippen LogP contribution is -2.09. The maximum absolute atomic E-state index is 10.9. The fourth-order valence-electron chi connectivity index (χ4n) is 2.98. The molecule has 0 amide bonds. The highest BCUT2D eigenvalue weighted by atomic mass is 32.1. The minimum atomic E-state index is -0.488. The van der Waals surface area contributed by atoms with Gasteiger partial charge in [-0.25, -0.2) is 0 Å². The predicted octanol–water partition coefficient (Wildman–Crippen LogP) is 3.74. The summed E-state index contributed by atoms with van der Waals surface area (Å²) in [5, 5.41) is 32.5. The van der Waals surface area contributed by atoms with Crippen molar-refractivity contribution in [3.63, 3.8) is 0 Å². The van der Waals surface area contributed by atoms with E-state index in [2.05, 4.69) is 37.8 Å². The fourth-order valence-corrected chi connectivity index (χ4v) is 3.78. The molecular formula is C19H20N8O2S. The number of benzene rings is 1. The van der Waals surface area contributed by atoms with Crippen LogP contribution in [0.15, 0.2) is 48.7 Å². The van der Waals surface area contributed by atoms with Gasteiger partial charge in [0.2, 0.25) is 5.13 Å². The number of nitro groups is 1. The lowest BCUT2D eigenvalue weighted by molar-refractivity contribution is -0.389. The molecule has 154 valence electrons. The van der Waals surface area contributed by atoms with Gasteiger partial charge in [0, 0.05) is 18.2 Å². The van der Waals surface area contributed by atoms with Gasteiger partial charge < -0.3 is 15.4 Å². The standard InChI is InChI=1S/C19H20N8O2S/c1-13(11-26-14(2)10-17(24-26)27(28)29)18-21-22-19(30-18)20-16-8-9-25(23-16)12-15-6-4-3-5-7-15/h3-10,13H,11-12H2,1-2H3,(H,20,22,23). The maximum Gasteiger partial charge on any atom is 0.390 e. The maximum atomic E-state index is 10.9. The van der Waals surface area contributed by atoms with Crippen molar-refractivity contribution in [2.45, 2.75) is 32.9 Å². The Balaban J connectivity index is 1.39. The first-order chi connectivity index (χ1) is 14.5. The molecule has 10 nitrogen and oxygen atoms in total. The molecule has 11 heteroatoms. The normalized spacial score (nSPS) is 12.1. The molecule has 1 aromatic carbocycles. The van der Waals surface area contributed by atoms with Crippen molar-refractivity contribution in [2.75, 3.05) is 5.32 Å². The smallest absolute Gasteiger partial charge is 0.358 e. The van der Waals surface area contributed by atoms with Crippen molar-refractivity contribution in [1.82, 2.24) is 29.8 Å². The van der Waals surface area contributed by atoms with E-state index < -0.39 is 4.92 Å². The van der Waals surface area contributed by atoms with E-state index >= 15 is 0 Å². The molecule has 0 fully saturated rings. The average Bonchev–Trinajstić information content (AvgIpc) is 3.45. The minimum Gasteiger partial charge on any atom is -0.358 e. The van der Waals surface area contributed by atoms with E-state index in [4.69, 9.17) is 0 Å². The zero-order valence-corrected chi connectivity index (χ0v) is 17.3. The molecule has 0 radical (unpaired) electrons. The van der Waals surface area contributed by atoms with Crippen LogP contribution in [-0.4, -0.2) is 34.7 Å². The Kier molecular flexibility index (Phi) is 5.53. The molecule has 4 rings (SSSR count). The van der Waals surface area contributed by atoms with Crippen LogP contribution in [0.2, 0.25) is 0 Å². The molecule has 0 saturated heterocycles. The molecule has 0 aliphatic rings. The highest BCUT2D eigenvalue weighted by molar-refractivity contribution is 7.15. The zero-order valence-electron chi connectivity index (χ0n) is 16.5. The molecule has 0 saturated carbocycles. The van der Waals surface area contributed by atoms with Gasteiger partial charge in [-0.2, -0.15) is 9.78 Å². The van der Waals surface area contributed by atoms with E-state index in [0.717, 1.165) is 10.7 Å². The van der Waals surface area contributed by atoms with Gasteiger partial charge in [0.05, 0.1) is 29.9 Å². The van der Waals surface area contributed by atoms with Crippen LogP contribution in [-0.2, 0) is 13.1 Å².